The summed E-state index contributed by atoms with van der Waals surface area (Å²) >= 11 is 8.05. The van der Waals surface area contributed by atoms with E-state index in [4.69, 9.17) is 11.6 Å². The van der Waals surface area contributed by atoms with Gasteiger partial charge in [0.2, 0.25) is 0 Å². The van der Waals surface area contributed by atoms with Crippen molar-refractivity contribution in [2.75, 3.05) is 6.54 Å². The van der Waals surface area contributed by atoms with Crippen LogP contribution in [0.25, 0.3) is 0 Å². The molecule has 21 heavy (non-hydrogen) atoms. The van der Waals surface area contributed by atoms with Crippen LogP contribution in [-0.4, -0.2) is 6.54 Å². The van der Waals surface area contributed by atoms with Crippen LogP contribution in [0.2, 0.25) is 5.02 Å². The molecular formula is C18H22ClNS. The number of rotatable bonds is 7. The van der Waals surface area contributed by atoms with Crippen molar-refractivity contribution in [2.24, 2.45) is 0 Å². The molecule has 0 bridgehead atoms. The second-order valence-corrected chi connectivity index (χ2v) is 6.58. The zero-order valence-corrected chi connectivity index (χ0v) is 14.2. The predicted octanol–water partition coefficient (Wildman–Crippen LogP) is 5.44. The van der Waals surface area contributed by atoms with Crippen molar-refractivity contribution in [3.63, 3.8) is 0 Å². The van der Waals surface area contributed by atoms with Gasteiger partial charge in [0.15, 0.2) is 0 Å². The fourth-order valence-corrected chi connectivity index (χ4v) is 3.46. The van der Waals surface area contributed by atoms with E-state index < -0.39 is 0 Å². The van der Waals surface area contributed by atoms with E-state index in [1.165, 1.54) is 28.0 Å². The lowest BCUT2D eigenvalue weighted by Crippen LogP contribution is -2.13. The summed E-state index contributed by atoms with van der Waals surface area (Å²) in [5.74, 6) is 0.911. The lowest BCUT2D eigenvalue weighted by molar-refractivity contribution is 0.675. The van der Waals surface area contributed by atoms with Crippen LogP contribution in [0.15, 0.2) is 47.4 Å². The summed E-state index contributed by atoms with van der Waals surface area (Å²) in [6.07, 6.45) is 1.17. The van der Waals surface area contributed by atoms with Crippen LogP contribution in [-0.2, 0) is 12.3 Å². The summed E-state index contributed by atoms with van der Waals surface area (Å²) < 4.78 is 0. The number of thioether (sulfide) groups is 1. The van der Waals surface area contributed by atoms with Crippen molar-refractivity contribution in [1.29, 1.82) is 0 Å². The van der Waals surface area contributed by atoms with Crippen molar-refractivity contribution in [2.45, 2.75) is 37.5 Å². The van der Waals surface area contributed by atoms with Gasteiger partial charge in [-0.25, -0.2) is 0 Å². The first-order chi connectivity index (χ1) is 10.2. The summed E-state index contributed by atoms with van der Waals surface area (Å²) in [4.78, 5) is 1.33. The van der Waals surface area contributed by atoms with Gasteiger partial charge in [-0.2, -0.15) is 0 Å². The van der Waals surface area contributed by atoms with Crippen LogP contribution in [0.5, 0.6) is 0 Å². The lowest BCUT2D eigenvalue weighted by Gasteiger charge is -2.10. The van der Waals surface area contributed by atoms with Gasteiger partial charge in [0, 0.05) is 22.2 Å². The zero-order chi connectivity index (χ0) is 15.1. The SMILES string of the molecule is CCCNCc1ccc(SCc2ccccc2Cl)c(C)c1. The van der Waals surface area contributed by atoms with Crippen LogP contribution < -0.4 is 5.32 Å². The largest absolute Gasteiger partial charge is 0.313 e. The van der Waals surface area contributed by atoms with Crippen molar-refractivity contribution in [1.82, 2.24) is 5.32 Å². The van der Waals surface area contributed by atoms with Gasteiger partial charge < -0.3 is 5.32 Å². The lowest BCUT2D eigenvalue weighted by atomic mass is 10.1. The Morgan fingerprint density at radius 2 is 1.95 bits per heavy atom. The Balaban J connectivity index is 1.96. The third-order valence-electron chi connectivity index (χ3n) is 3.34. The van der Waals surface area contributed by atoms with Gasteiger partial charge in [0.25, 0.3) is 0 Å². The summed E-state index contributed by atoms with van der Waals surface area (Å²) in [7, 11) is 0. The van der Waals surface area contributed by atoms with Crippen molar-refractivity contribution in [3.05, 3.63) is 64.2 Å². The third kappa shape index (κ3) is 5.06. The second kappa shape index (κ2) is 8.47. The maximum Gasteiger partial charge on any atom is 0.0446 e. The van der Waals surface area contributed by atoms with Crippen molar-refractivity contribution in [3.8, 4) is 0 Å². The minimum absolute atomic E-state index is 0.850. The molecule has 0 aliphatic rings. The average Bonchev–Trinajstić information content (AvgIpc) is 2.48. The first-order valence-corrected chi connectivity index (χ1v) is 8.73. The highest BCUT2D eigenvalue weighted by Gasteiger charge is 2.04. The fourth-order valence-electron chi connectivity index (χ4n) is 2.16. The molecule has 0 radical (unpaired) electrons. The third-order valence-corrected chi connectivity index (χ3v) is 4.93. The Bertz CT molecular complexity index is 583. The molecule has 3 heteroatoms. The number of nitrogens with one attached hydrogen (secondary N) is 1. The first-order valence-electron chi connectivity index (χ1n) is 7.37. The molecule has 2 aromatic rings. The van der Waals surface area contributed by atoms with E-state index in [0.29, 0.717) is 0 Å². The molecular weight excluding hydrogens is 298 g/mol. The molecule has 0 atom stereocenters. The first kappa shape index (κ1) is 16.4. The molecule has 1 nitrogen and oxygen atoms in total. The highest BCUT2D eigenvalue weighted by atomic mass is 35.5. The van der Waals surface area contributed by atoms with Crippen molar-refractivity contribution < 1.29 is 0 Å². The van der Waals surface area contributed by atoms with E-state index in [1.54, 1.807) is 0 Å². The van der Waals surface area contributed by atoms with Crippen LogP contribution in [0.1, 0.15) is 30.0 Å². The number of hydrogen-bond acceptors (Lipinski definition) is 2. The molecule has 0 unspecified atom stereocenters. The highest BCUT2D eigenvalue weighted by Crippen LogP contribution is 2.29. The van der Waals surface area contributed by atoms with E-state index in [2.05, 4.69) is 43.4 Å². The van der Waals surface area contributed by atoms with Gasteiger partial charge in [0.1, 0.15) is 0 Å². The Morgan fingerprint density at radius 3 is 2.67 bits per heavy atom. The van der Waals surface area contributed by atoms with Gasteiger partial charge in [-0.15, -0.1) is 11.8 Å². The second-order valence-electron chi connectivity index (χ2n) is 5.16. The van der Waals surface area contributed by atoms with Crippen LogP contribution >= 0.6 is 23.4 Å². The number of halogens is 1. The molecule has 1 N–H and O–H groups in total. The average molecular weight is 320 g/mol. The van der Waals surface area contributed by atoms with Crippen LogP contribution in [0.3, 0.4) is 0 Å². The van der Waals surface area contributed by atoms with Gasteiger partial charge in [-0.05, 0) is 48.7 Å². The quantitative estimate of drug-likeness (QED) is 0.538. The molecule has 0 saturated carbocycles. The topological polar surface area (TPSA) is 12.0 Å². The Morgan fingerprint density at radius 1 is 1.14 bits per heavy atom. The normalized spacial score (nSPS) is 10.8. The highest BCUT2D eigenvalue weighted by molar-refractivity contribution is 7.98. The fraction of sp³-hybridized carbons (Fsp3) is 0.333. The molecule has 0 heterocycles. The Labute approximate surface area is 137 Å². The Kier molecular flexibility index (Phi) is 6.62. The molecule has 0 aliphatic heterocycles. The van der Waals surface area contributed by atoms with Gasteiger partial charge in [0.05, 0.1) is 0 Å². The van der Waals surface area contributed by atoms with Gasteiger partial charge >= 0.3 is 0 Å². The number of aryl methyl sites for hydroxylation is 1. The van der Waals surface area contributed by atoms with E-state index in [1.807, 2.05) is 30.0 Å². The maximum absolute atomic E-state index is 6.20. The summed E-state index contributed by atoms with van der Waals surface area (Å²) in [6.45, 7) is 6.39. The van der Waals surface area contributed by atoms with Crippen molar-refractivity contribution >= 4 is 23.4 Å². The summed E-state index contributed by atoms with van der Waals surface area (Å²) in [5, 5.41) is 4.29. The molecule has 2 aromatic carbocycles. The van der Waals surface area contributed by atoms with Crippen LogP contribution in [0.4, 0.5) is 0 Å². The minimum atomic E-state index is 0.850. The molecule has 2 rings (SSSR count). The van der Waals surface area contributed by atoms with Gasteiger partial charge in [-0.1, -0.05) is 48.9 Å². The predicted molar refractivity (Wildman–Crippen MR) is 94.2 cm³/mol. The molecule has 112 valence electrons. The summed E-state index contributed by atoms with van der Waals surface area (Å²) in [5.41, 5.74) is 3.88. The zero-order valence-electron chi connectivity index (χ0n) is 12.7. The minimum Gasteiger partial charge on any atom is -0.313 e. The van der Waals surface area contributed by atoms with E-state index in [0.717, 1.165) is 23.9 Å². The van der Waals surface area contributed by atoms with E-state index in [-0.39, 0.29) is 0 Å². The van der Waals surface area contributed by atoms with E-state index >= 15 is 0 Å². The summed E-state index contributed by atoms with van der Waals surface area (Å²) in [6, 6.07) is 14.8. The number of benzene rings is 2. The smallest absolute Gasteiger partial charge is 0.0446 e. The number of hydrogen-bond donors (Lipinski definition) is 1. The van der Waals surface area contributed by atoms with Crippen LogP contribution in [0, 0.1) is 6.92 Å². The monoisotopic (exact) mass is 319 g/mol. The Hall–Kier alpha value is -0.960. The molecule has 0 fully saturated rings. The van der Waals surface area contributed by atoms with E-state index in [9.17, 15) is 0 Å². The molecule has 0 aromatic heterocycles. The maximum atomic E-state index is 6.20. The van der Waals surface area contributed by atoms with Gasteiger partial charge in [-0.3, -0.25) is 0 Å². The molecule has 0 saturated heterocycles. The molecule has 0 aliphatic carbocycles. The molecule has 0 amide bonds. The standard InChI is InChI=1S/C18H22ClNS/c1-3-10-20-12-15-8-9-18(14(2)11-15)21-13-16-6-4-5-7-17(16)19/h4-9,11,20H,3,10,12-13H2,1-2H3. The molecule has 0 spiro atoms.